The summed E-state index contributed by atoms with van der Waals surface area (Å²) < 4.78 is 35.7. The number of aliphatic imine (C=N–C) groups is 1. The molecule has 13 heteroatoms. The third-order valence-corrected chi connectivity index (χ3v) is 12.0. The van der Waals surface area contributed by atoms with Crippen LogP contribution in [0.15, 0.2) is 63.2 Å². The highest BCUT2D eigenvalue weighted by molar-refractivity contribution is 7.90. The fraction of sp³-hybridized carbons (Fsp3) is 0.395. The number of carbonyl (C=O) groups excluding carboxylic acids is 1. The summed E-state index contributed by atoms with van der Waals surface area (Å²) in [6.07, 6.45) is 1.50. The molecule has 56 heavy (non-hydrogen) atoms. The van der Waals surface area contributed by atoms with E-state index in [1.54, 1.807) is 19.9 Å². The topological polar surface area (TPSA) is 193 Å². The Hall–Kier alpha value is -5.43. The Labute approximate surface area is 329 Å². The van der Waals surface area contributed by atoms with Crippen LogP contribution in [-0.4, -0.2) is 54.5 Å². The van der Waals surface area contributed by atoms with Crippen molar-refractivity contribution in [3.63, 3.8) is 0 Å². The van der Waals surface area contributed by atoms with E-state index in [4.69, 9.17) is 10.5 Å². The number of aromatic nitrogens is 1. The molecule has 0 unspecified atom stereocenters. The molecule has 0 spiro atoms. The number of aliphatic carboxylic acids is 1. The van der Waals surface area contributed by atoms with Crippen molar-refractivity contribution in [1.29, 1.82) is 0 Å². The summed E-state index contributed by atoms with van der Waals surface area (Å²) >= 11 is 0. The number of hydrogen-bond acceptors (Lipinski definition) is 7. The van der Waals surface area contributed by atoms with Crippen molar-refractivity contribution in [1.82, 2.24) is 15.0 Å². The second-order valence-corrected chi connectivity index (χ2v) is 17.3. The zero-order valence-electron chi connectivity index (χ0n) is 33.6. The summed E-state index contributed by atoms with van der Waals surface area (Å²) in [5.41, 5.74) is 14.4. The molecule has 12 nitrogen and oxygen atoms in total. The molecule has 0 saturated carbocycles. The number of sulfonamides is 1. The van der Waals surface area contributed by atoms with Crippen LogP contribution >= 0.6 is 0 Å². The number of aromatic amines is 1. The van der Waals surface area contributed by atoms with Crippen LogP contribution in [0.5, 0.6) is 5.75 Å². The first-order chi connectivity index (χ1) is 26.2. The van der Waals surface area contributed by atoms with Gasteiger partial charge in [0.25, 0.3) is 21.5 Å². The number of pyridine rings is 1. The van der Waals surface area contributed by atoms with Gasteiger partial charge in [0, 0.05) is 18.2 Å². The molecule has 0 aliphatic carbocycles. The fourth-order valence-corrected chi connectivity index (χ4v) is 9.23. The lowest BCUT2D eigenvalue weighted by Gasteiger charge is -2.35. The first kappa shape index (κ1) is 41.7. The van der Waals surface area contributed by atoms with Gasteiger partial charge in [0.2, 0.25) is 5.96 Å². The highest BCUT2D eigenvalue weighted by atomic mass is 32.2. The number of nitrogens with zero attached hydrogens (tertiary/aromatic N) is 1. The first-order valence-corrected chi connectivity index (χ1v) is 20.2. The van der Waals surface area contributed by atoms with Crippen molar-refractivity contribution in [2.75, 3.05) is 6.54 Å². The van der Waals surface area contributed by atoms with Crippen molar-refractivity contribution in [2.24, 2.45) is 10.7 Å². The number of nitrogens with one attached hydrogen (secondary N) is 3. The number of hydrogen-bond donors (Lipinski definition) is 5. The minimum atomic E-state index is -4.12. The zero-order chi connectivity index (χ0) is 41.3. The molecule has 1 atom stereocenters. The molecule has 6 N–H and O–H groups in total. The third-order valence-electron chi connectivity index (χ3n) is 10.4. The molecule has 0 saturated heterocycles. The largest absolute Gasteiger partial charge is 0.487 e. The third kappa shape index (κ3) is 9.32. The average Bonchev–Trinajstić information content (AvgIpc) is 3.07. The molecule has 1 aliphatic rings. The molecule has 3 aromatic carbocycles. The van der Waals surface area contributed by atoms with Gasteiger partial charge in [-0.15, -0.1) is 0 Å². The van der Waals surface area contributed by atoms with E-state index >= 15 is 0 Å². The van der Waals surface area contributed by atoms with Crippen LogP contribution in [0, 0.1) is 48.5 Å². The van der Waals surface area contributed by atoms with Crippen LogP contribution in [0.4, 0.5) is 0 Å². The van der Waals surface area contributed by atoms with Crippen molar-refractivity contribution in [3.8, 4) is 5.75 Å². The lowest BCUT2D eigenvalue weighted by Crippen LogP contribution is -2.42. The van der Waals surface area contributed by atoms with Gasteiger partial charge in [-0.3, -0.25) is 14.6 Å². The van der Waals surface area contributed by atoms with Gasteiger partial charge in [0.05, 0.1) is 4.90 Å². The van der Waals surface area contributed by atoms with E-state index in [-0.39, 0.29) is 47.3 Å². The number of aryl methyl sites for hydroxylation is 4. The number of carboxylic acids is 1. The van der Waals surface area contributed by atoms with E-state index in [2.05, 4.69) is 56.4 Å². The van der Waals surface area contributed by atoms with Crippen molar-refractivity contribution in [3.05, 3.63) is 126 Å². The van der Waals surface area contributed by atoms with Crippen LogP contribution in [0.3, 0.4) is 0 Å². The normalized spacial score (nSPS) is 14.5. The number of fused-ring (bicyclic) bond motifs is 1. The van der Waals surface area contributed by atoms with Crippen LogP contribution < -0.4 is 26.1 Å². The lowest BCUT2D eigenvalue weighted by atomic mass is 9.85. The summed E-state index contributed by atoms with van der Waals surface area (Å²) in [6, 6.07) is 14.2. The number of benzene rings is 3. The maximum atomic E-state index is 13.6. The minimum Gasteiger partial charge on any atom is -0.487 e. The predicted molar refractivity (Wildman–Crippen MR) is 218 cm³/mol. The number of guanidine groups is 1. The number of rotatable bonds is 12. The van der Waals surface area contributed by atoms with Crippen molar-refractivity contribution in [2.45, 2.75) is 110 Å². The monoisotopic (exact) mass is 783 g/mol. The summed E-state index contributed by atoms with van der Waals surface area (Å²) in [5, 5.41) is 12.4. The Bertz CT molecular complexity index is 2310. The molecule has 1 aromatic heterocycles. The first-order valence-electron chi connectivity index (χ1n) is 18.7. The molecule has 4 aromatic rings. The standard InChI is InChI=1S/C43H53N5O7S/c1-23-17-24(2)20-30(19-23)36(31-21-25(3)18-26(4)22-31)34-13-12-33(39(49)46-34)40(50)47-35(41(51)52)11-10-16-45-42(44)48-56(53,54)38-28(6)27(5)37-32(29(38)7)14-15-43(8,9)55-37/h12-13,17-22,35-36H,10-11,14-16H2,1-9H3,(H,46,49)(H,47,50)(H,51,52)(H3,44,45,48)/t35-/m0/s1. The summed E-state index contributed by atoms with van der Waals surface area (Å²) in [4.78, 5) is 46.0. The highest BCUT2D eigenvalue weighted by Gasteiger charge is 2.34. The number of nitrogens with two attached hydrogens (primary N) is 1. The second-order valence-electron chi connectivity index (χ2n) is 15.7. The Morgan fingerprint density at radius 3 is 2.02 bits per heavy atom. The quantitative estimate of drug-likeness (QED) is 0.0649. The van der Waals surface area contributed by atoms with E-state index in [0.29, 0.717) is 29.0 Å². The van der Waals surface area contributed by atoms with Crippen LogP contribution in [-0.2, 0) is 21.2 Å². The molecular weight excluding hydrogens is 731 g/mol. The van der Waals surface area contributed by atoms with E-state index in [1.165, 1.54) is 6.07 Å². The molecule has 298 valence electrons. The molecule has 0 fully saturated rings. The summed E-state index contributed by atoms with van der Waals surface area (Å²) in [6.45, 7) is 17.4. The van der Waals surface area contributed by atoms with Crippen LogP contribution in [0.1, 0.15) is 111 Å². The van der Waals surface area contributed by atoms with Gasteiger partial charge >= 0.3 is 5.97 Å². The molecule has 1 aliphatic heterocycles. The number of carbonyl (C=O) groups is 2. The number of carboxylic acid groups (broad SMARTS) is 1. The summed E-state index contributed by atoms with van der Waals surface area (Å²) in [5.74, 6) is -2.09. The molecule has 0 bridgehead atoms. The van der Waals surface area contributed by atoms with Gasteiger partial charge in [0.1, 0.15) is 23.0 Å². The molecule has 1 amide bonds. The maximum absolute atomic E-state index is 13.6. The van der Waals surface area contributed by atoms with Gasteiger partial charge < -0.3 is 25.9 Å². The molecule has 0 radical (unpaired) electrons. The predicted octanol–water partition coefficient (Wildman–Crippen LogP) is 6.07. The Morgan fingerprint density at radius 2 is 1.48 bits per heavy atom. The van der Waals surface area contributed by atoms with Gasteiger partial charge in [-0.2, -0.15) is 0 Å². The lowest BCUT2D eigenvalue weighted by molar-refractivity contribution is -0.139. The number of H-pyrrole nitrogens is 1. The maximum Gasteiger partial charge on any atom is 0.326 e. The fourth-order valence-electron chi connectivity index (χ4n) is 7.70. The summed E-state index contributed by atoms with van der Waals surface area (Å²) in [7, 11) is -4.12. The van der Waals surface area contributed by atoms with Gasteiger partial charge in [0.15, 0.2) is 0 Å². The molecule has 5 rings (SSSR count). The van der Waals surface area contributed by atoms with Crippen LogP contribution in [0.25, 0.3) is 0 Å². The van der Waals surface area contributed by atoms with E-state index in [9.17, 15) is 27.9 Å². The number of amides is 1. The Balaban J connectivity index is 1.27. The van der Waals surface area contributed by atoms with E-state index < -0.39 is 33.5 Å². The van der Waals surface area contributed by atoms with Crippen molar-refractivity contribution < 1.29 is 27.9 Å². The Morgan fingerprint density at radius 1 is 0.911 bits per heavy atom. The molecular formula is C43H53N5O7S. The van der Waals surface area contributed by atoms with Gasteiger partial charge in [-0.05, 0) is 134 Å². The highest BCUT2D eigenvalue weighted by Crippen LogP contribution is 2.42. The zero-order valence-corrected chi connectivity index (χ0v) is 34.5. The SMILES string of the molecule is Cc1cc(C)cc(C(c2cc(C)cc(C)c2)c2ccc(C(=O)N[C@@H](CCCN=C(N)NS(=O)(=O)c3c(C)c(C)c4c(c3C)CCC(C)(C)O4)C(=O)O)c(=O)[nH]2)c1. The Kier molecular flexibility index (Phi) is 12.2. The van der Waals surface area contributed by atoms with E-state index in [0.717, 1.165) is 50.9 Å². The number of ether oxygens (including phenoxy) is 1. The van der Waals surface area contributed by atoms with Crippen molar-refractivity contribution >= 4 is 27.9 Å². The second kappa shape index (κ2) is 16.4. The molecule has 2 heterocycles. The van der Waals surface area contributed by atoms with Crippen LogP contribution in [0.2, 0.25) is 0 Å². The average molecular weight is 784 g/mol. The van der Waals surface area contributed by atoms with Gasteiger partial charge in [-0.1, -0.05) is 58.7 Å². The smallest absolute Gasteiger partial charge is 0.326 e. The van der Waals surface area contributed by atoms with E-state index in [1.807, 2.05) is 48.5 Å². The van der Waals surface area contributed by atoms with Gasteiger partial charge in [-0.25, -0.2) is 17.9 Å². The minimum absolute atomic E-state index is 0.0222.